The first-order chi connectivity index (χ1) is 9.58. The molecule has 4 heteroatoms. The molecule has 3 nitrogen and oxygen atoms in total. The van der Waals surface area contributed by atoms with E-state index in [1.807, 2.05) is 12.3 Å². The Balaban J connectivity index is 2.11. The molecule has 1 aromatic heterocycles. The number of nitrogens with zero attached hydrogens (tertiary/aromatic N) is 2. The molecule has 2 aromatic rings. The number of imidazole rings is 1. The molecule has 0 atom stereocenters. The van der Waals surface area contributed by atoms with E-state index in [0.717, 1.165) is 29.9 Å². The zero-order chi connectivity index (χ0) is 14.5. The molecule has 0 saturated heterocycles. The second-order valence-electron chi connectivity index (χ2n) is 5.50. The van der Waals surface area contributed by atoms with Gasteiger partial charge < -0.3 is 9.88 Å². The summed E-state index contributed by atoms with van der Waals surface area (Å²) in [5, 5.41) is 3.48. The van der Waals surface area contributed by atoms with Gasteiger partial charge in [0.2, 0.25) is 0 Å². The fraction of sp³-hybridized carbons (Fsp3) is 0.438. The Morgan fingerprint density at radius 2 is 2.05 bits per heavy atom. The third-order valence-corrected chi connectivity index (χ3v) is 4.06. The Bertz CT molecular complexity index is 561. The molecular weight excluding hydrogens is 314 g/mol. The molecule has 0 fully saturated rings. The van der Waals surface area contributed by atoms with Gasteiger partial charge in [0.05, 0.1) is 12.2 Å². The Hall–Kier alpha value is -1.13. The predicted molar refractivity (Wildman–Crippen MR) is 86.8 cm³/mol. The lowest BCUT2D eigenvalue weighted by Crippen LogP contribution is -2.21. The molecule has 20 heavy (non-hydrogen) atoms. The number of nitrogens with one attached hydrogen (secondary N) is 1. The molecule has 1 heterocycles. The molecule has 0 radical (unpaired) electrons. The maximum atomic E-state index is 4.45. The second-order valence-corrected chi connectivity index (χ2v) is 6.35. The van der Waals surface area contributed by atoms with Crippen molar-refractivity contribution in [2.45, 2.75) is 33.9 Å². The van der Waals surface area contributed by atoms with Gasteiger partial charge in [-0.2, -0.15) is 0 Å². The first-order valence-electron chi connectivity index (χ1n) is 7.03. The summed E-state index contributed by atoms with van der Waals surface area (Å²) in [5.74, 6) is 1.72. The maximum Gasteiger partial charge on any atom is 0.106 e. The quantitative estimate of drug-likeness (QED) is 0.871. The summed E-state index contributed by atoms with van der Waals surface area (Å²) in [6.07, 6.45) is 1.97. The van der Waals surface area contributed by atoms with E-state index in [9.17, 15) is 0 Å². The molecule has 0 unspecified atom stereocenters. The van der Waals surface area contributed by atoms with Gasteiger partial charge in [-0.1, -0.05) is 48.0 Å². The highest BCUT2D eigenvalue weighted by Crippen LogP contribution is 2.18. The topological polar surface area (TPSA) is 29.9 Å². The molecule has 0 aliphatic carbocycles. The van der Waals surface area contributed by atoms with Crippen LogP contribution in [0.1, 0.15) is 30.9 Å². The predicted octanol–water partition coefficient (Wildman–Crippen LogP) is 3.75. The van der Waals surface area contributed by atoms with Gasteiger partial charge in [0.1, 0.15) is 5.82 Å². The van der Waals surface area contributed by atoms with Gasteiger partial charge in [-0.25, -0.2) is 4.98 Å². The lowest BCUT2D eigenvalue weighted by atomic mass is 10.2. The van der Waals surface area contributed by atoms with Crippen molar-refractivity contribution in [3.8, 4) is 0 Å². The molecule has 0 bridgehead atoms. The second kappa shape index (κ2) is 7.04. The van der Waals surface area contributed by atoms with E-state index in [-0.39, 0.29) is 0 Å². The van der Waals surface area contributed by atoms with Crippen molar-refractivity contribution < 1.29 is 0 Å². The Labute approximate surface area is 129 Å². The van der Waals surface area contributed by atoms with Crippen LogP contribution in [-0.4, -0.2) is 16.1 Å². The molecule has 0 aliphatic heterocycles. The van der Waals surface area contributed by atoms with Crippen molar-refractivity contribution in [3.63, 3.8) is 0 Å². The van der Waals surface area contributed by atoms with Crippen LogP contribution in [0.3, 0.4) is 0 Å². The number of aromatic nitrogens is 2. The molecule has 0 aliphatic rings. The summed E-state index contributed by atoms with van der Waals surface area (Å²) < 4.78 is 3.42. The fourth-order valence-electron chi connectivity index (χ4n) is 2.16. The van der Waals surface area contributed by atoms with E-state index in [2.05, 4.69) is 69.8 Å². The molecule has 1 N–H and O–H groups in total. The zero-order valence-corrected chi connectivity index (χ0v) is 13.9. The van der Waals surface area contributed by atoms with E-state index in [1.54, 1.807) is 0 Å². The fourth-order valence-corrected chi connectivity index (χ4v) is 2.57. The van der Waals surface area contributed by atoms with E-state index < -0.39 is 0 Å². The van der Waals surface area contributed by atoms with Gasteiger partial charge in [0.15, 0.2) is 0 Å². The van der Waals surface area contributed by atoms with Crippen LogP contribution in [0.5, 0.6) is 0 Å². The first-order valence-corrected chi connectivity index (χ1v) is 7.82. The Kier molecular flexibility index (Phi) is 5.38. The van der Waals surface area contributed by atoms with Gasteiger partial charge in [-0.05, 0) is 31.0 Å². The molecule has 0 spiro atoms. The third kappa shape index (κ3) is 3.93. The number of hydrogen-bond donors (Lipinski definition) is 1. The summed E-state index contributed by atoms with van der Waals surface area (Å²) in [7, 11) is 0. The third-order valence-electron chi connectivity index (χ3n) is 3.28. The zero-order valence-electron chi connectivity index (χ0n) is 12.4. The highest BCUT2D eigenvalue weighted by Gasteiger charge is 2.08. The number of aryl methyl sites for hydroxylation is 1. The van der Waals surface area contributed by atoms with Crippen molar-refractivity contribution in [2.75, 3.05) is 6.54 Å². The minimum Gasteiger partial charge on any atom is -0.327 e. The Morgan fingerprint density at radius 1 is 1.30 bits per heavy atom. The van der Waals surface area contributed by atoms with Gasteiger partial charge in [-0.3, -0.25) is 0 Å². The summed E-state index contributed by atoms with van der Waals surface area (Å²) in [5.41, 5.74) is 2.51. The molecule has 1 aromatic carbocycles. The minimum atomic E-state index is 0.663. The molecule has 0 saturated carbocycles. The van der Waals surface area contributed by atoms with Crippen molar-refractivity contribution in [1.82, 2.24) is 14.9 Å². The smallest absolute Gasteiger partial charge is 0.106 e. The summed E-state index contributed by atoms with van der Waals surface area (Å²) in [4.78, 5) is 4.45. The van der Waals surface area contributed by atoms with Gasteiger partial charge in [0, 0.05) is 17.2 Å². The highest BCUT2D eigenvalue weighted by atomic mass is 79.9. The van der Waals surface area contributed by atoms with Crippen LogP contribution >= 0.6 is 15.9 Å². The molecule has 0 amide bonds. The summed E-state index contributed by atoms with van der Waals surface area (Å²) in [6, 6.07) is 8.34. The van der Waals surface area contributed by atoms with Crippen LogP contribution in [0, 0.1) is 12.8 Å². The van der Waals surface area contributed by atoms with Gasteiger partial charge in [0.25, 0.3) is 0 Å². The molecule has 2 rings (SSSR count). The average Bonchev–Trinajstić information content (AvgIpc) is 2.74. The molecular formula is C16H22BrN3. The van der Waals surface area contributed by atoms with Crippen LogP contribution < -0.4 is 5.32 Å². The first kappa shape index (κ1) is 15.3. The normalized spacial score (nSPS) is 11.2. The SMILES string of the molecule is Cc1ncc(CNCC(C)C)n1Cc1ccccc1Br. The summed E-state index contributed by atoms with van der Waals surface area (Å²) in [6.45, 7) is 9.24. The lowest BCUT2D eigenvalue weighted by Gasteiger charge is -2.13. The minimum absolute atomic E-state index is 0.663. The monoisotopic (exact) mass is 335 g/mol. The lowest BCUT2D eigenvalue weighted by molar-refractivity contribution is 0.537. The largest absolute Gasteiger partial charge is 0.327 e. The van der Waals surface area contributed by atoms with Crippen LogP contribution in [0.15, 0.2) is 34.9 Å². The van der Waals surface area contributed by atoms with Crippen molar-refractivity contribution in [2.24, 2.45) is 5.92 Å². The summed E-state index contributed by atoms with van der Waals surface area (Å²) >= 11 is 3.61. The van der Waals surface area contributed by atoms with Crippen molar-refractivity contribution in [1.29, 1.82) is 0 Å². The van der Waals surface area contributed by atoms with E-state index in [0.29, 0.717) is 5.92 Å². The molecule has 108 valence electrons. The van der Waals surface area contributed by atoms with E-state index in [4.69, 9.17) is 0 Å². The van der Waals surface area contributed by atoms with E-state index >= 15 is 0 Å². The standard InChI is InChI=1S/C16H22BrN3/c1-12(2)8-18-9-15-10-19-13(3)20(15)11-14-6-4-5-7-16(14)17/h4-7,10,12,18H,8-9,11H2,1-3H3. The van der Waals surface area contributed by atoms with Gasteiger partial charge in [-0.15, -0.1) is 0 Å². The van der Waals surface area contributed by atoms with Crippen LogP contribution in [0.4, 0.5) is 0 Å². The number of benzene rings is 1. The number of hydrogen-bond acceptors (Lipinski definition) is 2. The number of rotatable bonds is 6. The van der Waals surface area contributed by atoms with E-state index in [1.165, 1.54) is 11.3 Å². The van der Waals surface area contributed by atoms with Crippen LogP contribution in [0.25, 0.3) is 0 Å². The average molecular weight is 336 g/mol. The van der Waals surface area contributed by atoms with Gasteiger partial charge >= 0.3 is 0 Å². The van der Waals surface area contributed by atoms with Crippen LogP contribution in [0.2, 0.25) is 0 Å². The van der Waals surface area contributed by atoms with Crippen LogP contribution in [-0.2, 0) is 13.1 Å². The van der Waals surface area contributed by atoms with Crippen molar-refractivity contribution >= 4 is 15.9 Å². The number of halogens is 1. The highest BCUT2D eigenvalue weighted by molar-refractivity contribution is 9.10. The van der Waals surface area contributed by atoms with Crippen molar-refractivity contribution in [3.05, 3.63) is 52.0 Å². The Morgan fingerprint density at radius 3 is 2.75 bits per heavy atom. The maximum absolute atomic E-state index is 4.45.